The van der Waals surface area contributed by atoms with E-state index in [0.717, 1.165) is 11.4 Å². The molecule has 0 fully saturated rings. The molecule has 0 aliphatic carbocycles. The maximum Gasteiger partial charge on any atom is 0.160 e. The van der Waals surface area contributed by atoms with Gasteiger partial charge in [-0.25, -0.2) is 0 Å². The van der Waals surface area contributed by atoms with Crippen molar-refractivity contribution >= 4 is 0 Å². The highest BCUT2D eigenvalue weighted by molar-refractivity contribution is 5.23. The Morgan fingerprint density at radius 1 is 1.44 bits per heavy atom. The van der Waals surface area contributed by atoms with E-state index in [-0.39, 0.29) is 6.10 Å². The molecule has 2 rings (SSSR count). The summed E-state index contributed by atoms with van der Waals surface area (Å²) >= 11 is 0. The fourth-order valence-electron chi connectivity index (χ4n) is 1.61. The minimum absolute atomic E-state index is 0.158. The summed E-state index contributed by atoms with van der Waals surface area (Å²) < 4.78 is 11.0. The molecular weight excluding hydrogens is 204 g/mol. The Morgan fingerprint density at radius 3 is 2.75 bits per heavy atom. The Labute approximate surface area is 95.3 Å². The van der Waals surface area contributed by atoms with Gasteiger partial charge in [-0.05, 0) is 12.1 Å². The van der Waals surface area contributed by atoms with E-state index in [1.165, 1.54) is 0 Å². The normalized spacial score (nSPS) is 16.6. The van der Waals surface area contributed by atoms with Gasteiger partial charge in [0.25, 0.3) is 0 Å². The van der Waals surface area contributed by atoms with E-state index in [1.807, 2.05) is 42.3 Å². The summed E-state index contributed by atoms with van der Waals surface area (Å²) in [6, 6.07) is 9.66. The molecule has 1 heterocycles. The van der Waals surface area contributed by atoms with Gasteiger partial charge in [0.15, 0.2) is 12.8 Å². The number of nitrogens with zero attached hydrogens (tertiary/aromatic N) is 1. The summed E-state index contributed by atoms with van der Waals surface area (Å²) in [5.41, 5.74) is 6.69. The third kappa shape index (κ3) is 2.28. The summed E-state index contributed by atoms with van der Waals surface area (Å²) in [6.45, 7) is 0.985. The van der Waals surface area contributed by atoms with Crippen LogP contribution in [0.4, 0.5) is 0 Å². The SMILES string of the molecule is CN1COC=C1C(CN)Oc1ccccc1. The van der Waals surface area contributed by atoms with Crippen LogP contribution in [-0.2, 0) is 4.74 Å². The Morgan fingerprint density at radius 2 is 2.19 bits per heavy atom. The van der Waals surface area contributed by atoms with Crippen molar-refractivity contribution in [2.75, 3.05) is 20.3 Å². The molecule has 4 nitrogen and oxygen atoms in total. The van der Waals surface area contributed by atoms with Gasteiger partial charge in [0, 0.05) is 13.6 Å². The Bertz CT molecular complexity index is 365. The molecule has 1 unspecified atom stereocenters. The molecule has 1 aromatic rings. The average Bonchev–Trinajstić information content (AvgIpc) is 2.74. The molecule has 0 radical (unpaired) electrons. The van der Waals surface area contributed by atoms with Crippen LogP contribution in [0.3, 0.4) is 0 Å². The Kier molecular flexibility index (Phi) is 3.31. The van der Waals surface area contributed by atoms with Crippen LogP contribution in [0.2, 0.25) is 0 Å². The molecule has 1 aliphatic heterocycles. The summed E-state index contributed by atoms with van der Waals surface area (Å²) in [6.07, 6.45) is 1.55. The minimum Gasteiger partial charge on any atom is -0.483 e. The molecule has 86 valence electrons. The second-order valence-electron chi connectivity index (χ2n) is 3.69. The van der Waals surface area contributed by atoms with E-state index < -0.39 is 0 Å². The highest BCUT2D eigenvalue weighted by Crippen LogP contribution is 2.19. The van der Waals surface area contributed by atoms with Crippen LogP contribution in [-0.4, -0.2) is 31.3 Å². The van der Waals surface area contributed by atoms with Gasteiger partial charge in [0.05, 0.1) is 5.70 Å². The fraction of sp³-hybridized carbons (Fsp3) is 0.333. The molecular formula is C12H16N2O2. The number of hydrogen-bond donors (Lipinski definition) is 1. The molecule has 0 saturated carbocycles. The minimum atomic E-state index is -0.158. The first-order chi connectivity index (χ1) is 7.81. The number of ether oxygens (including phenoxy) is 2. The van der Waals surface area contributed by atoms with Gasteiger partial charge in [0.2, 0.25) is 0 Å². The number of likely N-dealkylation sites (N-methyl/N-ethyl adjacent to an activating group) is 1. The lowest BCUT2D eigenvalue weighted by Crippen LogP contribution is -2.34. The van der Waals surface area contributed by atoms with E-state index >= 15 is 0 Å². The summed E-state index contributed by atoms with van der Waals surface area (Å²) in [5.74, 6) is 0.819. The highest BCUT2D eigenvalue weighted by atomic mass is 16.5. The fourth-order valence-corrected chi connectivity index (χ4v) is 1.61. The van der Waals surface area contributed by atoms with E-state index in [9.17, 15) is 0 Å². The number of benzene rings is 1. The second kappa shape index (κ2) is 4.90. The van der Waals surface area contributed by atoms with Gasteiger partial charge in [-0.1, -0.05) is 18.2 Å². The number of rotatable bonds is 4. The van der Waals surface area contributed by atoms with E-state index in [0.29, 0.717) is 13.3 Å². The standard InChI is InChI=1S/C12H16N2O2/c1-14-9-15-8-11(14)12(7-13)16-10-5-3-2-4-6-10/h2-6,8,12H,7,9,13H2,1H3. The van der Waals surface area contributed by atoms with Gasteiger partial charge in [-0.2, -0.15) is 0 Å². The Balaban J connectivity index is 2.06. The second-order valence-corrected chi connectivity index (χ2v) is 3.69. The first kappa shape index (κ1) is 10.8. The third-order valence-corrected chi connectivity index (χ3v) is 2.48. The predicted octanol–water partition coefficient (Wildman–Crippen LogP) is 1.15. The summed E-state index contributed by atoms with van der Waals surface area (Å²) in [4.78, 5) is 1.99. The molecule has 0 saturated heterocycles. The quantitative estimate of drug-likeness (QED) is 0.827. The van der Waals surface area contributed by atoms with Gasteiger partial charge in [-0.3, -0.25) is 0 Å². The van der Waals surface area contributed by atoms with Crippen LogP contribution >= 0.6 is 0 Å². The van der Waals surface area contributed by atoms with Crippen molar-refractivity contribution in [2.45, 2.75) is 6.10 Å². The van der Waals surface area contributed by atoms with Crippen molar-refractivity contribution in [1.82, 2.24) is 4.90 Å². The maximum atomic E-state index is 5.80. The van der Waals surface area contributed by atoms with Crippen LogP contribution in [0.15, 0.2) is 42.3 Å². The van der Waals surface area contributed by atoms with E-state index in [1.54, 1.807) is 6.26 Å². The highest BCUT2D eigenvalue weighted by Gasteiger charge is 2.22. The van der Waals surface area contributed by atoms with Gasteiger partial charge < -0.3 is 20.1 Å². The van der Waals surface area contributed by atoms with Crippen LogP contribution in [0.5, 0.6) is 5.75 Å². The molecule has 0 bridgehead atoms. The van der Waals surface area contributed by atoms with Gasteiger partial charge >= 0.3 is 0 Å². The molecule has 0 spiro atoms. The third-order valence-electron chi connectivity index (χ3n) is 2.48. The molecule has 16 heavy (non-hydrogen) atoms. The first-order valence-corrected chi connectivity index (χ1v) is 5.26. The largest absolute Gasteiger partial charge is 0.483 e. The molecule has 4 heteroatoms. The zero-order valence-electron chi connectivity index (χ0n) is 9.30. The zero-order valence-corrected chi connectivity index (χ0v) is 9.30. The first-order valence-electron chi connectivity index (χ1n) is 5.26. The molecule has 1 aliphatic rings. The van der Waals surface area contributed by atoms with Crippen molar-refractivity contribution in [3.63, 3.8) is 0 Å². The molecule has 0 amide bonds. The maximum absolute atomic E-state index is 5.80. The van der Waals surface area contributed by atoms with Crippen molar-refractivity contribution in [3.8, 4) is 5.75 Å². The molecule has 2 N–H and O–H groups in total. The van der Waals surface area contributed by atoms with E-state index in [4.69, 9.17) is 15.2 Å². The van der Waals surface area contributed by atoms with Crippen molar-refractivity contribution in [2.24, 2.45) is 5.73 Å². The smallest absolute Gasteiger partial charge is 0.160 e. The van der Waals surface area contributed by atoms with Crippen molar-refractivity contribution < 1.29 is 9.47 Å². The lowest BCUT2D eigenvalue weighted by Gasteiger charge is -2.22. The lowest BCUT2D eigenvalue weighted by molar-refractivity contribution is 0.163. The van der Waals surface area contributed by atoms with Crippen LogP contribution in [0.25, 0.3) is 0 Å². The summed E-state index contributed by atoms with van der Waals surface area (Å²) in [7, 11) is 1.95. The van der Waals surface area contributed by atoms with Crippen LogP contribution in [0, 0.1) is 0 Å². The molecule has 1 atom stereocenters. The lowest BCUT2D eigenvalue weighted by atomic mass is 10.2. The van der Waals surface area contributed by atoms with Crippen LogP contribution < -0.4 is 10.5 Å². The van der Waals surface area contributed by atoms with Gasteiger partial charge in [0.1, 0.15) is 12.0 Å². The number of para-hydroxylation sites is 1. The predicted molar refractivity (Wildman–Crippen MR) is 61.7 cm³/mol. The topological polar surface area (TPSA) is 47.7 Å². The van der Waals surface area contributed by atoms with Crippen LogP contribution in [0.1, 0.15) is 0 Å². The summed E-state index contributed by atoms with van der Waals surface area (Å²) in [5, 5.41) is 0. The average molecular weight is 220 g/mol. The van der Waals surface area contributed by atoms with Crippen molar-refractivity contribution in [1.29, 1.82) is 0 Å². The number of nitrogens with two attached hydrogens (primary N) is 1. The number of hydrogen-bond acceptors (Lipinski definition) is 4. The monoisotopic (exact) mass is 220 g/mol. The molecule has 0 aromatic heterocycles. The van der Waals surface area contributed by atoms with E-state index in [2.05, 4.69) is 0 Å². The zero-order chi connectivity index (χ0) is 11.4. The van der Waals surface area contributed by atoms with Crippen molar-refractivity contribution in [3.05, 3.63) is 42.3 Å². The van der Waals surface area contributed by atoms with Gasteiger partial charge in [-0.15, -0.1) is 0 Å². The molecule has 1 aromatic carbocycles. The Hall–Kier alpha value is -1.68.